The van der Waals surface area contributed by atoms with E-state index in [1.165, 1.54) is 0 Å². The number of rotatable bonds is 4. The Kier molecular flexibility index (Phi) is 5.73. The van der Waals surface area contributed by atoms with Crippen LogP contribution in [0.4, 0.5) is 35.9 Å². The van der Waals surface area contributed by atoms with Crippen LogP contribution >= 0.6 is 0 Å². The second-order valence-corrected chi connectivity index (χ2v) is 8.29. The van der Waals surface area contributed by atoms with Gasteiger partial charge in [0, 0.05) is 24.9 Å². The fourth-order valence-corrected chi connectivity index (χ4v) is 4.12. The van der Waals surface area contributed by atoms with Crippen LogP contribution in [-0.4, -0.2) is 34.1 Å². The van der Waals surface area contributed by atoms with Gasteiger partial charge in [-0.25, -0.2) is 14.5 Å². The molecule has 2 heterocycles. The molecule has 2 aromatic rings. The van der Waals surface area contributed by atoms with Gasteiger partial charge in [-0.3, -0.25) is 4.98 Å². The van der Waals surface area contributed by atoms with E-state index in [4.69, 9.17) is 4.74 Å². The summed E-state index contributed by atoms with van der Waals surface area (Å²) in [4.78, 5) is 30.2. The Bertz CT molecular complexity index is 1100. The monoisotopic (exact) mass is 487 g/mol. The van der Waals surface area contributed by atoms with Crippen LogP contribution in [0.25, 0.3) is 0 Å². The summed E-state index contributed by atoms with van der Waals surface area (Å²) in [5.74, 6) is 0. The molecular formula is C22H19F6N3O3. The number of carbonyl (C=O) groups is 2. The molecule has 2 aliphatic rings. The van der Waals surface area contributed by atoms with Gasteiger partial charge in [0.1, 0.15) is 0 Å². The third-order valence-electron chi connectivity index (χ3n) is 5.97. The maximum Gasteiger partial charge on any atom is 0.419 e. The molecule has 12 heteroatoms. The molecule has 182 valence electrons. The molecule has 0 unspecified atom stereocenters. The number of halogens is 6. The van der Waals surface area contributed by atoms with E-state index >= 15 is 0 Å². The molecule has 0 bridgehead atoms. The van der Waals surface area contributed by atoms with Gasteiger partial charge in [0.05, 0.1) is 16.7 Å². The highest BCUT2D eigenvalue weighted by atomic mass is 19.4. The number of amides is 3. The van der Waals surface area contributed by atoms with Gasteiger partial charge in [-0.15, -0.1) is 0 Å². The molecule has 3 amide bonds. The number of nitrogens with one attached hydrogen (secondary N) is 1. The molecule has 1 aliphatic heterocycles. The standard InChI is InChI=1S/C22H19F6N3O3/c1-12-3-2-7-29-16(12)4-8-30-18(32)31-19(33)34-17(20(31)5-6-20)13-9-14(21(23,24)25)11-15(10-13)22(26,27)28/h2-3,7,9-11,17H,4-6,8H2,1H3,(H,30,32)/t17-/m1/s1. The van der Waals surface area contributed by atoms with Gasteiger partial charge in [-0.05, 0) is 55.2 Å². The highest BCUT2D eigenvalue weighted by molar-refractivity contribution is 5.94. The normalized spacial score (nSPS) is 19.3. The molecule has 2 fully saturated rings. The summed E-state index contributed by atoms with van der Waals surface area (Å²) in [5.41, 5.74) is -3.20. The van der Waals surface area contributed by atoms with Crippen molar-refractivity contribution in [1.29, 1.82) is 0 Å². The molecule has 0 radical (unpaired) electrons. The smallest absolute Gasteiger partial charge is 0.419 e. The first kappa shape index (κ1) is 23.8. The average molecular weight is 487 g/mol. The number of hydrogen-bond donors (Lipinski definition) is 1. The Balaban J connectivity index is 1.57. The first-order valence-corrected chi connectivity index (χ1v) is 10.3. The van der Waals surface area contributed by atoms with Gasteiger partial charge in [0.25, 0.3) is 0 Å². The van der Waals surface area contributed by atoms with Crippen molar-refractivity contribution in [3.05, 3.63) is 64.5 Å². The minimum absolute atomic E-state index is 0.00390. The van der Waals surface area contributed by atoms with Crippen LogP contribution in [0.2, 0.25) is 0 Å². The van der Waals surface area contributed by atoms with E-state index in [2.05, 4.69) is 10.3 Å². The van der Waals surface area contributed by atoms with Crippen molar-refractivity contribution in [2.24, 2.45) is 0 Å². The molecule has 1 atom stereocenters. The largest absolute Gasteiger partial charge is 0.438 e. The van der Waals surface area contributed by atoms with Crippen molar-refractivity contribution in [1.82, 2.24) is 15.2 Å². The number of carbonyl (C=O) groups excluding carboxylic acids is 2. The molecular weight excluding hydrogens is 468 g/mol. The van der Waals surface area contributed by atoms with Crippen molar-refractivity contribution < 1.29 is 40.7 Å². The van der Waals surface area contributed by atoms with Crippen molar-refractivity contribution in [3.63, 3.8) is 0 Å². The number of hydrogen-bond acceptors (Lipinski definition) is 4. The van der Waals surface area contributed by atoms with Crippen LogP contribution in [0.5, 0.6) is 0 Å². The van der Waals surface area contributed by atoms with Gasteiger partial charge in [-0.1, -0.05) is 6.07 Å². The minimum Gasteiger partial charge on any atom is -0.438 e. The molecule has 4 rings (SSSR count). The maximum absolute atomic E-state index is 13.3. The molecule has 6 nitrogen and oxygen atoms in total. The number of cyclic esters (lactones) is 1. The van der Waals surface area contributed by atoms with Crippen LogP contribution in [0.1, 0.15) is 46.9 Å². The van der Waals surface area contributed by atoms with E-state index in [0.29, 0.717) is 18.6 Å². The first-order valence-electron chi connectivity index (χ1n) is 10.3. The third-order valence-corrected chi connectivity index (χ3v) is 5.97. The van der Waals surface area contributed by atoms with Gasteiger partial charge in [-0.2, -0.15) is 26.3 Å². The van der Waals surface area contributed by atoms with Crippen LogP contribution in [0.3, 0.4) is 0 Å². The minimum atomic E-state index is -5.05. The fourth-order valence-electron chi connectivity index (χ4n) is 4.12. The summed E-state index contributed by atoms with van der Waals surface area (Å²) < 4.78 is 84.8. The van der Waals surface area contributed by atoms with Gasteiger partial charge >= 0.3 is 24.5 Å². The van der Waals surface area contributed by atoms with Gasteiger partial charge < -0.3 is 10.1 Å². The number of nitrogens with zero attached hydrogens (tertiary/aromatic N) is 2. The Labute approximate surface area is 189 Å². The fraction of sp³-hybridized carbons (Fsp3) is 0.409. The lowest BCUT2D eigenvalue weighted by atomic mass is 9.95. The highest BCUT2D eigenvalue weighted by Crippen LogP contribution is 2.57. The second kappa shape index (κ2) is 8.17. The number of aromatic nitrogens is 1. The maximum atomic E-state index is 13.3. The van der Waals surface area contributed by atoms with Crippen LogP contribution < -0.4 is 5.32 Å². The number of pyridine rings is 1. The molecule has 1 spiro atoms. The molecule has 1 aromatic carbocycles. The lowest BCUT2D eigenvalue weighted by molar-refractivity contribution is -0.143. The summed E-state index contributed by atoms with van der Waals surface area (Å²) in [6.07, 6.45) is -10.3. The molecule has 1 aromatic heterocycles. The molecule has 1 saturated heterocycles. The molecule has 1 aliphatic carbocycles. The predicted molar refractivity (Wildman–Crippen MR) is 106 cm³/mol. The van der Waals surface area contributed by atoms with Crippen molar-refractivity contribution in [3.8, 4) is 0 Å². The Morgan fingerprint density at radius 2 is 1.76 bits per heavy atom. The Hall–Kier alpha value is -3.31. The van der Waals surface area contributed by atoms with Crippen molar-refractivity contribution >= 4 is 12.1 Å². The average Bonchev–Trinajstić information content (AvgIpc) is 3.46. The summed E-state index contributed by atoms with van der Waals surface area (Å²) in [5, 5.41) is 2.56. The summed E-state index contributed by atoms with van der Waals surface area (Å²) >= 11 is 0. The van der Waals surface area contributed by atoms with Crippen LogP contribution in [0.15, 0.2) is 36.5 Å². The van der Waals surface area contributed by atoms with E-state index in [9.17, 15) is 35.9 Å². The molecule has 34 heavy (non-hydrogen) atoms. The number of imide groups is 1. The van der Waals surface area contributed by atoms with E-state index in [-0.39, 0.29) is 25.5 Å². The van der Waals surface area contributed by atoms with Crippen LogP contribution in [-0.2, 0) is 23.5 Å². The van der Waals surface area contributed by atoms with Gasteiger partial charge in [0.15, 0.2) is 6.10 Å². The highest BCUT2D eigenvalue weighted by Gasteiger charge is 2.66. The van der Waals surface area contributed by atoms with Crippen LogP contribution in [0, 0.1) is 6.92 Å². The quantitative estimate of drug-likeness (QED) is 0.586. The lowest BCUT2D eigenvalue weighted by Crippen LogP contribution is -2.47. The first-order chi connectivity index (χ1) is 15.8. The summed E-state index contributed by atoms with van der Waals surface area (Å²) in [7, 11) is 0. The number of ether oxygens (including phenoxy) is 1. The zero-order valence-corrected chi connectivity index (χ0v) is 17.8. The summed E-state index contributed by atoms with van der Waals surface area (Å²) in [6, 6.07) is 3.82. The van der Waals surface area contributed by atoms with E-state index in [1.54, 1.807) is 12.3 Å². The Morgan fingerprint density at radius 3 is 2.29 bits per heavy atom. The van der Waals surface area contributed by atoms with E-state index in [0.717, 1.165) is 16.2 Å². The van der Waals surface area contributed by atoms with E-state index in [1.807, 2.05) is 13.0 Å². The number of alkyl halides is 6. The zero-order chi connectivity index (χ0) is 24.9. The Morgan fingerprint density at radius 1 is 1.15 bits per heavy atom. The second-order valence-electron chi connectivity index (χ2n) is 8.29. The van der Waals surface area contributed by atoms with Crippen molar-refractivity contribution in [2.75, 3.05) is 6.54 Å². The molecule has 1 N–H and O–H groups in total. The lowest BCUT2D eigenvalue weighted by Gasteiger charge is -2.24. The SMILES string of the molecule is Cc1cccnc1CCNC(=O)N1C(=O)O[C@H](c2cc(C(F)(F)F)cc(C(F)(F)F)c2)C12CC2. The summed E-state index contributed by atoms with van der Waals surface area (Å²) in [6.45, 7) is 1.96. The molecule has 1 saturated carbocycles. The number of benzene rings is 1. The topological polar surface area (TPSA) is 71.5 Å². The van der Waals surface area contributed by atoms with Gasteiger partial charge in [0.2, 0.25) is 0 Å². The zero-order valence-electron chi connectivity index (χ0n) is 17.8. The number of urea groups is 1. The van der Waals surface area contributed by atoms with Crippen molar-refractivity contribution in [2.45, 2.75) is 50.2 Å². The third kappa shape index (κ3) is 4.40. The van der Waals surface area contributed by atoms with E-state index < -0.39 is 52.8 Å². The number of aryl methyl sites for hydroxylation is 1. The predicted octanol–water partition coefficient (Wildman–Crippen LogP) is 5.41.